The summed E-state index contributed by atoms with van der Waals surface area (Å²) in [7, 11) is -0.971. The summed E-state index contributed by atoms with van der Waals surface area (Å²) in [6.07, 6.45) is 4.86. The molecule has 0 aromatic rings. The van der Waals surface area contributed by atoms with Crippen LogP contribution in [0.3, 0.4) is 0 Å². The van der Waals surface area contributed by atoms with Crippen molar-refractivity contribution in [1.29, 1.82) is 0 Å². The average Bonchev–Trinajstić information content (AvgIpc) is 2.19. The molecule has 81 valence electrons. The molecule has 0 spiro atoms. The van der Waals surface area contributed by atoms with E-state index in [1.807, 2.05) is 0 Å². The molecule has 2 nitrogen and oxygen atoms in total. The first-order valence-electron chi connectivity index (χ1n) is 5.57. The molecule has 1 aliphatic rings. The number of rotatable bonds is 5. The van der Waals surface area contributed by atoms with E-state index in [4.69, 9.17) is 8.85 Å². The smallest absolute Gasteiger partial charge is 0.385 e. The summed E-state index contributed by atoms with van der Waals surface area (Å²) < 4.78 is 11.5. The standard InChI is InChI=1S/C11H21O2Si/c1-4-7-10(2)11(3)13-14-9-6-5-8-12-14/h11H,2,4-9H2,1,3H3. The summed E-state index contributed by atoms with van der Waals surface area (Å²) in [6, 6.07) is 1.13. The molecule has 0 aromatic heterocycles. The predicted octanol–water partition coefficient (Wildman–Crippen LogP) is 3.05. The van der Waals surface area contributed by atoms with Crippen LogP contribution in [-0.2, 0) is 8.85 Å². The summed E-state index contributed by atoms with van der Waals surface area (Å²) in [6.45, 7) is 9.20. The Morgan fingerprint density at radius 3 is 2.93 bits per heavy atom. The molecule has 0 aliphatic carbocycles. The maximum Gasteiger partial charge on any atom is 0.385 e. The van der Waals surface area contributed by atoms with Crippen molar-refractivity contribution in [3.8, 4) is 0 Å². The number of hydrogen-bond donors (Lipinski definition) is 0. The Hall–Kier alpha value is -0.123. The highest BCUT2D eigenvalue weighted by Gasteiger charge is 2.22. The third-order valence-corrected chi connectivity index (χ3v) is 4.40. The van der Waals surface area contributed by atoms with Crippen LogP contribution in [0.25, 0.3) is 0 Å². The Labute approximate surface area is 89.1 Å². The van der Waals surface area contributed by atoms with Crippen molar-refractivity contribution < 1.29 is 8.85 Å². The van der Waals surface area contributed by atoms with Crippen molar-refractivity contribution in [3.05, 3.63) is 12.2 Å². The fourth-order valence-electron chi connectivity index (χ4n) is 1.53. The maximum atomic E-state index is 5.89. The molecule has 3 heteroatoms. The number of hydrogen-bond acceptors (Lipinski definition) is 2. The largest absolute Gasteiger partial charge is 0.393 e. The van der Waals surface area contributed by atoms with Gasteiger partial charge in [0.05, 0.1) is 6.10 Å². The van der Waals surface area contributed by atoms with Crippen LogP contribution in [0.1, 0.15) is 39.5 Å². The Kier molecular flexibility index (Phi) is 5.44. The average molecular weight is 213 g/mol. The van der Waals surface area contributed by atoms with Gasteiger partial charge in [0.25, 0.3) is 0 Å². The van der Waals surface area contributed by atoms with E-state index < -0.39 is 9.28 Å². The van der Waals surface area contributed by atoms with E-state index in [-0.39, 0.29) is 6.10 Å². The zero-order valence-electron chi connectivity index (χ0n) is 9.34. The van der Waals surface area contributed by atoms with Gasteiger partial charge < -0.3 is 8.85 Å². The van der Waals surface area contributed by atoms with Gasteiger partial charge in [0, 0.05) is 6.61 Å². The molecule has 1 rings (SSSR count). The summed E-state index contributed by atoms with van der Waals surface area (Å²) in [5.41, 5.74) is 1.21. The van der Waals surface area contributed by atoms with Crippen molar-refractivity contribution in [2.24, 2.45) is 0 Å². The van der Waals surface area contributed by atoms with Gasteiger partial charge in [-0.25, -0.2) is 0 Å². The molecule has 1 saturated heterocycles. The Morgan fingerprint density at radius 2 is 2.36 bits per heavy atom. The molecule has 0 N–H and O–H groups in total. The molecule has 1 fully saturated rings. The molecule has 14 heavy (non-hydrogen) atoms. The van der Waals surface area contributed by atoms with Gasteiger partial charge in [-0.15, -0.1) is 0 Å². The summed E-state index contributed by atoms with van der Waals surface area (Å²) in [4.78, 5) is 0. The molecule has 0 saturated carbocycles. The molecule has 1 radical (unpaired) electrons. The summed E-state index contributed by atoms with van der Waals surface area (Å²) in [5.74, 6) is 0. The van der Waals surface area contributed by atoms with E-state index in [1.54, 1.807) is 0 Å². The quantitative estimate of drug-likeness (QED) is 0.516. The fraction of sp³-hybridized carbons (Fsp3) is 0.818. The highest BCUT2D eigenvalue weighted by Crippen LogP contribution is 2.17. The molecule has 1 heterocycles. The van der Waals surface area contributed by atoms with E-state index in [0.29, 0.717) is 0 Å². The molecule has 1 atom stereocenters. The minimum absolute atomic E-state index is 0.182. The van der Waals surface area contributed by atoms with Crippen LogP contribution in [0.15, 0.2) is 12.2 Å². The first-order chi connectivity index (χ1) is 6.74. The Balaban J connectivity index is 2.24. The Bertz CT molecular complexity index is 176. The van der Waals surface area contributed by atoms with Crippen molar-refractivity contribution in [2.75, 3.05) is 6.61 Å². The second-order valence-electron chi connectivity index (χ2n) is 3.85. The van der Waals surface area contributed by atoms with E-state index in [2.05, 4.69) is 20.4 Å². The molecule has 1 unspecified atom stereocenters. The molecule has 0 bridgehead atoms. The van der Waals surface area contributed by atoms with Gasteiger partial charge in [-0.05, 0) is 32.2 Å². The molecular formula is C11H21O2Si. The lowest BCUT2D eigenvalue weighted by molar-refractivity contribution is 0.149. The third-order valence-electron chi connectivity index (χ3n) is 2.49. The van der Waals surface area contributed by atoms with Crippen LogP contribution >= 0.6 is 0 Å². The van der Waals surface area contributed by atoms with Gasteiger partial charge >= 0.3 is 9.28 Å². The van der Waals surface area contributed by atoms with E-state index in [9.17, 15) is 0 Å². The molecular weight excluding hydrogens is 192 g/mol. The monoisotopic (exact) mass is 213 g/mol. The zero-order chi connectivity index (χ0) is 10.4. The lowest BCUT2D eigenvalue weighted by atomic mass is 10.1. The fourth-order valence-corrected chi connectivity index (χ4v) is 3.33. The van der Waals surface area contributed by atoms with Crippen LogP contribution in [0, 0.1) is 0 Å². The first kappa shape index (κ1) is 11.9. The molecule has 0 aromatic carbocycles. The summed E-state index contributed by atoms with van der Waals surface area (Å²) >= 11 is 0. The summed E-state index contributed by atoms with van der Waals surface area (Å²) in [5, 5.41) is 0. The molecule has 0 amide bonds. The highest BCUT2D eigenvalue weighted by molar-refractivity contribution is 6.44. The second kappa shape index (κ2) is 6.38. The first-order valence-corrected chi connectivity index (χ1v) is 7.09. The van der Waals surface area contributed by atoms with Crippen molar-refractivity contribution >= 4 is 9.28 Å². The van der Waals surface area contributed by atoms with Crippen LogP contribution in [0.4, 0.5) is 0 Å². The lowest BCUT2D eigenvalue weighted by Gasteiger charge is -2.24. The van der Waals surface area contributed by atoms with Crippen LogP contribution in [-0.4, -0.2) is 22.0 Å². The van der Waals surface area contributed by atoms with Gasteiger partial charge in [-0.1, -0.05) is 25.5 Å². The highest BCUT2D eigenvalue weighted by atomic mass is 28.3. The Morgan fingerprint density at radius 1 is 1.57 bits per heavy atom. The predicted molar refractivity (Wildman–Crippen MR) is 60.3 cm³/mol. The van der Waals surface area contributed by atoms with Crippen molar-refractivity contribution in [3.63, 3.8) is 0 Å². The van der Waals surface area contributed by atoms with E-state index in [1.165, 1.54) is 18.4 Å². The zero-order valence-corrected chi connectivity index (χ0v) is 10.3. The maximum absolute atomic E-state index is 5.89. The van der Waals surface area contributed by atoms with Crippen LogP contribution in [0.2, 0.25) is 6.04 Å². The van der Waals surface area contributed by atoms with Gasteiger partial charge in [-0.2, -0.15) is 0 Å². The topological polar surface area (TPSA) is 18.5 Å². The van der Waals surface area contributed by atoms with Crippen LogP contribution < -0.4 is 0 Å². The minimum Gasteiger partial charge on any atom is -0.393 e. The van der Waals surface area contributed by atoms with Gasteiger partial charge in [0.1, 0.15) is 0 Å². The van der Waals surface area contributed by atoms with E-state index in [0.717, 1.165) is 25.5 Å². The van der Waals surface area contributed by atoms with Crippen molar-refractivity contribution in [1.82, 2.24) is 0 Å². The minimum atomic E-state index is -0.971. The van der Waals surface area contributed by atoms with Gasteiger partial charge in [0.2, 0.25) is 0 Å². The normalized spacial score (nSPS) is 20.7. The second-order valence-corrected chi connectivity index (χ2v) is 5.61. The van der Waals surface area contributed by atoms with E-state index >= 15 is 0 Å². The SMILES string of the molecule is C=C(CCC)C(C)O[Si]1CCCCO1. The molecule has 1 aliphatic heterocycles. The lowest BCUT2D eigenvalue weighted by Crippen LogP contribution is -2.31. The van der Waals surface area contributed by atoms with Gasteiger partial charge in [0.15, 0.2) is 0 Å². The van der Waals surface area contributed by atoms with Crippen LogP contribution in [0.5, 0.6) is 0 Å². The van der Waals surface area contributed by atoms with Crippen molar-refractivity contribution in [2.45, 2.75) is 51.7 Å². The third kappa shape index (κ3) is 3.94. The van der Waals surface area contributed by atoms with Gasteiger partial charge in [-0.3, -0.25) is 0 Å².